The maximum absolute atomic E-state index is 12.2. The van der Waals surface area contributed by atoms with Crippen LogP contribution in [0.4, 0.5) is 5.69 Å². The number of nitrogen functional groups attached to an aromatic ring is 1. The monoisotopic (exact) mass is 285 g/mol. The first kappa shape index (κ1) is 15.2. The zero-order chi connectivity index (χ0) is 15.1. The van der Waals surface area contributed by atoms with Crippen molar-refractivity contribution in [1.29, 1.82) is 0 Å². The maximum atomic E-state index is 12.2. The number of hydrogen-bond donors (Lipinski definition) is 2. The normalized spacial score (nSPS) is 10.5. The summed E-state index contributed by atoms with van der Waals surface area (Å²) in [7, 11) is 0. The van der Waals surface area contributed by atoms with E-state index in [9.17, 15) is 4.79 Å². The molecule has 4 nitrogen and oxygen atoms in total. The van der Waals surface area contributed by atoms with Crippen LogP contribution in [0.1, 0.15) is 35.8 Å². The van der Waals surface area contributed by atoms with E-state index < -0.39 is 0 Å². The molecule has 0 fully saturated rings. The van der Waals surface area contributed by atoms with E-state index in [-0.39, 0.29) is 5.91 Å². The molecule has 1 aromatic carbocycles. The van der Waals surface area contributed by atoms with Crippen LogP contribution in [0.15, 0.2) is 42.6 Å². The first-order valence-corrected chi connectivity index (χ1v) is 7.48. The predicted octanol–water partition coefficient (Wildman–Crippen LogP) is 2.84. The highest BCUT2D eigenvalue weighted by atomic mass is 16.1. The number of aromatic nitrogens is 1. The third-order valence-electron chi connectivity index (χ3n) is 3.39. The minimum absolute atomic E-state index is 0.0480. The summed E-state index contributed by atoms with van der Waals surface area (Å²) in [6.07, 6.45) is 4.70. The summed E-state index contributed by atoms with van der Waals surface area (Å²) in [6.45, 7) is 3.56. The summed E-state index contributed by atoms with van der Waals surface area (Å²) in [5, 5.41) is 2.97. The van der Waals surface area contributed by atoms with E-state index in [1.54, 1.807) is 6.07 Å². The number of benzene rings is 1. The predicted molar refractivity (Wildman–Crippen MR) is 86.2 cm³/mol. The summed E-state index contributed by atoms with van der Waals surface area (Å²) in [5.41, 5.74) is 8.36. The highest BCUT2D eigenvalue weighted by molar-refractivity contribution is 5.93. The van der Waals surface area contributed by atoms with Gasteiger partial charge in [0, 0.05) is 19.3 Å². The van der Waals surface area contributed by atoms with Crippen molar-refractivity contribution in [2.75, 3.05) is 12.3 Å². The van der Waals surface area contributed by atoms with Gasteiger partial charge in [0.1, 0.15) is 5.69 Å². The molecule has 0 saturated carbocycles. The lowest BCUT2D eigenvalue weighted by Gasteiger charge is -2.08. The molecule has 1 heterocycles. The molecule has 2 aromatic rings. The molecule has 112 valence electrons. The fourth-order valence-electron chi connectivity index (χ4n) is 2.38. The summed E-state index contributed by atoms with van der Waals surface area (Å²) in [4.78, 5) is 12.2. The minimum Gasteiger partial charge on any atom is -0.397 e. The largest absolute Gasteiger partial charge is 0.397 e. The van der Waals surface area contributed by atoms with Gasteiger partial charge in [0.05, 0.1) is 5.69 Å². The number of hydrogen-bond acceptors (Lipinski definition) is 2. The summed E-state index contributed by atoms with van der Waals surface area (Å²) < 4.78 is 1.92. The van der Waals surface area contributed by atoms with Crippen LogP contribution in [0.25, 0.3) is 0 Å². The van der Waals surface area contributed by atoms with Crippen LogP contribution in [-0.4, -0.2) is 17.0 Å². The Bertz CT molecular complexity index is 575. The number of aryl methyl sites for hydroxylation is 2. The highest BCUT2D eigenvalue weighted by Gasteiger charge is 2.11. The van der Waals surface area contributed by atoms with Crippen LogP contribution in [0, 0.1) is 0 Å². The van der Waals surface area contributed by atoms with Crippen LogP contribution >= 0.6 is 0 Å². The number of anilines is 1. The van der Waals surface area contributed by atoms with Gasteiger partial charge in [0.15, 0.2) is 0 Å². The Labute approximate surface area is 126 Å². The molecule has 21 heavy (non-hydrogen) atoms. The second-order valence-corrected chi connectivity index (χ2v) is 5.20. The third kappa shape index (κ3) is 4.38. The number of nitrogens with two attached hydrogens (primary N) is 1. The molecule has 0 bridgehead atoms. The average molecular weight is 285 g/mol. The average Bonchev–Trinajstić information content (AvgIpc) is 2.86. The van der Waals surface area contributed by atoms with Crippen LogP contribution < -0.4 is 11.1 Å². The first-order chi connectivity index (χ1) is 10.2. The summed E-state index contributed by atoms with van der Waals surface area (Å²) in [6, 6.07) is 12.0. The van der Waals surface area contributed by atoms with Crippen molar-refractivity contribution in [2.24, 2.45) is 0 Å². The van der Waals surface area contributed by atoms with Crippen molar-refractivity contribution in [3.8, 4) is 0 Å². The summed E-state index contributed by atoms with van der Waals surface area (Å²) >= 11 is 0. The molecule has 0 aliphatic heterocycles. The second-order valence-electron chi connectivity index (χ2n) is 5.20. The van der Waals surface area contributed by atoms with Gasteiger partial charge in [-0.3, -0.25) is 4.79 Å². The number of rotatable bonds is 7. The molecule has 1 amide bonds. The molecule has 2 rings (SSSR count). The van der Waals surface area contributed by atoms with Gasteiger partial charge in [0.25, 0.3) is 5.91 Å². The quantitative estimate of drug-likeness (QED) is 0.768. The van der Waals surface area contributed by atoms with E-state index in [2.05, 4.69) is 24.4 Å². The zero-order valence-electron chi connectivity index (χ0n) is 12.5. The lowest BCUT2D eigenvalue weighted by atomic mass is 10.1. The van der Waals surface area contributed by atoms with Crippen molar-refractivity contribution < 1.29 is 4.79 Å². The van der Waals surface area contributed by atoms with E-state index in [4.69, 9.17) is 5.73 Å². The van der Waals surface area contributed by atoms with Crippen molar-refractivity contribution in [3.05, 3.63) is 53.9 Å². The molecule has 0 aliphatic rings. The highest BCUT2D eigenvalue weighted by Crippen LogP contribution is 2.11. The number of carbonyl (C=O) groups is 1. The number of amides is 1. The maximum Gasteiger partial charge on any atom is 0.267 e. The SMILES string of the molecule is CCCn1cc(N)cc1C(=O)NCCCc1ccccc1. The Hall–Kier alpha value is -2.23. The minimum atomic E-state index is -0.0480. The fraction of sp³-hybridized carbons (Fsp3) is 0.353. The third-order valence-corrected chi connectivity index (χ3v) is 3.39. The Kier molecular flexibility index (Phi) is 5.43. The molecule has 0 aliphatic carbocycles. The van der Waals surface area contributed by atoms with Crippen molar-refractivity contribution >= 4 is 11.6 Å². The van der Waals surface area contributed by atoms with Gasteiger partial charge in [0.2, 0.25) is 0 Å². The van der Waals surface area contributed by atoms with Gasteiger partial charge in [-0.25, -0.2) is 0 Å². The smallest absolute Gasteiger partial charge is 0.267 e. The Morgan fingerprint density at radius 2 is 2.05 bits per heavy atom. The van der Waals surface area contributed by atoms with Gasteiger partial charge in [-0.2, -0.15) is 0 Å². The van der Waals surface area contributed by atoms with Gasteiger partial charge in [-0.15, -0.1) is 0 Å². The molecular formula is C17H23N3O. The van der Waals surface area contributed by atoms with Crippen molar-refractivity contribution in [3.63, 3.8) is 0 Å². The lowest BCUT2D eigenvalue weighted by molar-refractivity contribution is 0.0944. The molecule has 1 aromatic heterocycles. The molecule has 0 radical (unpaired) electrons. The standard InChI is InChI=1S/C17H23N3O/c1-2-11-20-13-15(18)12-16(20)17(21)19-10-6-9-14-7-4-3-5-8-14/h3-5,7-8,12-13H,2,6,9-11,18H2,1H3,(H,19,21). The Morgan fingerprint density at radius 3 is 2.76 bits per heavy atom. The van der Waals surface area contributed by atoms with Gasteiger partial charge in [-0.05, 0) is 30.9 Å². The molecular weight excluding hydrogens is 262 g/mol. The van der Waals surface area contributed by atoms with Gasteiger partial charge in [-0.1, -0.05) is 37.3 Å². The van der Waals surface area contributed by atoms with E-state index in [1.807, 2.05) is 29.0 Å². The van der Waals surface area contributed by atoms with Crippen LogP contribution in [0.5, 0.6) is 0 Å². The molecule has 0 spiro atoms. The van der Waals surface area contributed by atoms with Gasteiger partial charge >= 0.3 is 0 Å². The van der Waals surface area contributed by atoms with Crippen LogP contribution in [0.3, 0.4) is 0 Å². The Morgan fingerprint density at radius 1 is 1.29 bits per heavy atom. The van der Waals surface area contributed by atoms with E-state index >= 15 is 0 Å². The topological polar surface area (TPSA) is 60.0 Å². The molecule has 0 saturated heterocycles. The first-order valence-electron chi connectivity index (χ1n) is 7.48. The number of nitrogens with zero attached hydrogens (tertiary/aromatic N) is 1. The molecule has 0 atom stereocenters. The lowest BCUT2D eigenvalue weighted by Crippen LogP contribution is -2.27. The van der Waals surface area contributed by atoms with Crippen LogP contribution in [-0.2, 0) is 13.0 Å². The van der Waals surface area contributed by atoms with Crippen LogP contribution in [0.2, 0.25) is 0 Å². The number of nitrogens with one attached hydrogen (secondary N) is 1. The van der Waals surface area contributed by atoms with E-state index in [0.717, 1.165) is 25.8 Å². The number of carbonyl (C=O) groups excluding carboxylic acids is 1. The molecule has 3 N–H and O–H groups in total. The van der Waals surface area contributed by atoms with E-state index in [0.29, 0.717) is 17.9 Å². The summed E-state index contributed by atoms with van der Waals surface area (Å²) in [5.74, 6) is -0.0480. The van der Waals surface area contributed by atoms with E-state index in [1.165, 1.54) is 5.56 Å². The Balaban J connectivity index is 1.82. The van der Waals surface area contributed by atoms with Gasteiger partial charge < -0.3 is 15.6 Å². The molecule has 4 heteroatoms. The molecule has 0 unspecified atom stereocenters. The van der Waals surface area contributed by atoms with Crippen molar-refractivity contribution in [1.82, 2.24) is 9.88 Å². The van der Waals surface area contributed by atoms with Crippen molar-refractivity contribution in [2.45, 2.75) is 32.7 Å². The fourth-order valence-corrected chi connectivity index (χ4v) is 2.38. The zero-order valence-corrected chi connectivity index (χ0v) is 12.5. The second kappa shape index (κ2) is 7.53.